The van der Waals surface area contributed by atoms with Gasteiger partial charge >= 0.3 is 0 Å². The van der Waals surface area contributed by atoms with Crippen LogP contribution >= 0.6 is 11.3 Å². The third-order valence-corrected chi connectivity index (χ3v) is 4.73. The number of nitrogens with zero attached hydrogens (tertiary/aromatic N) is 1. The molecule has 18 heavy (non-hydrogen) atoms. The molecule has 0 bridgehead atoms. The normalized spacial score (nSPS) is 18.2. The first-order valence-electron chi connectivity index (χ1n) is 7.28. The number of hydrogen-bond donors (Lipinski definition) is 1. The third-order valence-electron chi connectivity index (χ3n) is 3.80. The van der Waals surface area contributed by atoms with E-state index in [1.807, 2.05) is 11.3 Å². The first-order valence-corrected chi connectivity index (χ1v) is 8.16. The van der Waals surface area contributed by atoms with Crippen molar-refractivity contribution in [2.45, 2.75) is 76.7 Å². The zero-order chi connectivity index (χ0) is 13.0. The largest absolute Gasteiger partial charge is 0.326 e. The molecule has 1 aromatic rings. The molecule has 0 aromatic carbocycles. The first kappa shape index (κ1) is 14.0. The van der Waals surface area contributed by atoms with Crippen LogP contribution in [0.25, 0.3) is 0 Å². The number of rotatable bonds is 5. The maximum Gasteiger partial charge on any atom is 0.0928 e. The van der Waals surface area contributed by atoms with Crippen LogP contribution in [0.1, 0.15) is 75.4 Å². The zero-order valence-electron chi connectivity index (χ0n) is 11.7. The Morgan fingerprint density at radius 3 is 2.72 bits per heavy atom. The number of thiazole rings is 1. The molecule has 102 valence electrons. The van der Waals surface area contributed by atoms with E-state index in [4.69, 9.17) is 10.7 Å². The molecule has 0 amide bonds. The van der Waals surface area contributed by atoms with Gasteiger partial charge in [-0.3, -0.25) is 0 Å². The van der Waals surface area contributed by atoms with Crippen LogP contribution < -0.4 is 5.73 Å². The Bertz CT molecular complexity index is 359. The van der Waals surface area contributed by atoms with Gasteiger partial charge in [-0.05, 0) is 46.0 Å². The fourth-order valence-corrected chi connectivity index (χ4v) is 3.64. The highest BCUT2D eigenvalue weighted by Crippen LogP contribution is 2.33. The molecule has 0 atom stereocenters. The molecular formula is C15H26N2S. The van der Waals surface area contributed by atoms with Crippen molar-refractivity contribution >= 4 is 11.3 Å². The van der Waals surface area contributed by atoms with Gasteiger partial charge in [-0.2, -0.15) is 0 Å². The number of aromatic nitrogens is 1. The van der Waals surface area contributed by atoms with Crippen molar-refractivity contribution in [3.8, 4) is 0 Å². The Hall–Kier alpha value is -0.410. The number of hydrogen-bond acceptors (Lipinski definition) is 3. The molecule has 1 aliphatic rings. The number of aryl methyl sites for hydroxylation is 1. The SMILES string of the molecule is CC(C)(N)CCCc1nc(C2CCCCC2)cs1. The van der Waals surface area contributed by atoms with Gasteiger partial charge in [0.1, 0.15) is 0 Å². The van der Waals surface area contributed by atoms with E-state index in [0.29, 0.717) is 0 Å². The molecule has 1 heterocycles. The van der Waals surface area contributed by atoms with Crippen molar-refractivity contribution < 1.29 is 0 Å². The molecule has 0 spiro atoms. The van der Waals surface area contributed by atoms with Crippen molar-refractivity contribution in [3.05, 3.63) is 16.1 Å². The molecule has 1 aliphatic carbocycles. The van der Waals surface area contributed by atoms with Crippen LogP contribution in [-0.4, -0.2) is 10.5 Å². The van der Waals surface area contributed by atoms with Crippen molar-refractivity contribution in [2.24, 2.45) is 5.73 Å². The van der Waals surface area contributed by atoms with Gasteiger partial charge in [0.05, 0.1) is 10.7 Å². The fraction of sp³-hybridized carbons (Fsp3) is 0.800. The highest BCUT2D eigenvalue weighted by Gasteiger charge is 2.18. The molecule has 2 N–H and O–H groups in total. The fourth-order valence-electron chi connectivity index (χ4n) is 2.72. The van der Waals surface area contributed by atoms with Gasteiger partial charge in [-0.15, -0.1) is 11.3 Å². The van der Waals surface area contributed by atoms with Crippen LogP contribution in [0.2, 0.25) is 0 Å². The van der Waals surface area contributed by atoms with Crippen molar-refractivity contribution in [3.63, 3.8) is 0 Å². The second-order valence-corrected chi connectivity index (χ2v) is 7.29. The van der Waals surface area contributed by atoms with Gasteiger partial charge in [-0.1, -0.05) is 19.3 Å². The van der Waals surface area contributed by atoms with Gasteiger partial charge in [0, 0.05) is 16.8 Å². The van der Waals surface area contributed by atoms with E-state index in [1.54, 1.807) is 0 Å². The lowest BCUT2D eigenvalue weighted by molar-refractivity contribution is 0.436. The number of nitrogens with two attached hydrogens (primary N) is 1. The predicted octanol–water partition coefficient (Wildman–Crippen LogP) is 4.25. The highest BCUT2D eigenvalue weighted by molar-refractivity contribution is 7.09. The van der Waals surface area contributed by atoms with E-state index < -0.39 is 0 Å². The topological polar surface area (TPSA) is 38.9 Å². The lowest BCUT2D eigenvalue weighted by atomic mass is 9.87. The van der Waals surface area contributed by atoms with E-state index in [1.165, 1.54) is 42.8 Å². The summed E-state index contributed by atoms with van der Waals surface area (Å²) in [5.74, 6) is 0.745. The van der Waals surface area contributed by atoms with Gasteiger partial charge in [0.2, 0.25) is 0 Å². The summed E-state index contributed by atoms with van der Waals surface area (Å²) in [6.07, 6.45) is 10.2. The Morgan fingerprint density at radius 2 is 2.06 bits per heavy atom. The molecule has 0 unspecified atom stereocenters. The Balaban J connectivity index is 1.82. The average molecular weight is 266 g/mol. The van der Waals surface area contributed by atoms with Crippen LogP contribution in [0, 0.1) is 0 Å². The second kappa shape index (κ2) is 6.16. The van der Waals surface area contributed by atoms with Crippen LogP contribution in [-0.2, 0) is 6.42 Å². The molecule has 0 saturated heterocycles. The van der Waals surface area contributed by atoms with Gasteiger partial charge in [-0.25, -0.2) is 4.98 Å². The molecular weight excluding hydrogens is 240 g/mol. The summed E-state index contributed by atoms with van der Waals surface area (Å²) in [5.41, 5.74) is 7.33. The maximum absolute atomic E-state index is 6.00. The molecule has 0 aliphatic heterocycles. The molecule has 1 saturated carbocycles. The smallest absolute Gasteiger partial charge is 0.0928 e. The van der Waals surface area contributed by atoms with Crippen LogP contribution in [0.5, 0.6) is 0 Å². The molecule has 0 radical (unpaired) electrons. The van der Waals surface area contributed by atoms with Crippen LogP contribution in [0.4, 0.5) is 0 Å². The van der Waals surface area contributed by atoms with Crippen molar-refractivity contribution in [1.29, 1.82) is 0 Å². The summed E-state index contributed by atoms with van der Waals surface area (Å²) in [6.45, 7) is 4.20. The average Bonchev–Trinajstić information content (AvgIpc) is 2.77. The second-order valence-electron chi connectivity index (χ2n) is 6.34. The van der Waals surface area contributed by atoms with Crippen molar-refractivity contribution in [2.75, 3.05) is 0 Å². The van der Waals surface area contributed by atoms with E-state index in [0.717, 1.165) is 25.2 Å². The monoisotopic (exact) mass is 266 g/mol. The van der Waals surface area contributed by atoms with E-state index in [-0.39, 0.29) is 5.54 Å². The standard InChI is InChI=1S/C15H26N2S/c1-15(2,16)10-6-9-14-17-13(11-18-14)12-7-4-3-5-8-12/h11-12H,3-10,16H2,1-2H3. The minimum atomic E-state index is -0.0382. The summed E-state index contributed by atoms with van der Waals surface area (Å²) >= 11 is 1.84. The summed E-state index contributed by atoms with van der Waals surface area (Å²) in [6, 6.07) is 0. The Kier molecular flexibility index (Phi) is 4.79. The summed E-state index contributed by atoms with van der Waals surface area (Å²) in [4.78, 5) is 4.83. The lowest BCUT2D eigenvalue weighted by Crippen LogP contribution is -2.31. The van der Waals surface area contributed by atoms with Crippen LogP contribution in [0.15, 0.2) is 5.38 Å². The predicted molar refractivity (Wildman–Crippen MR) is 79.1 cm³/mol. The summed E-state index contributed by atoms with van der Waals surface area (Å²) in [5, 5.41) is 3.60. The van der Waals surface area contributed by atoms with Gasteiger partial charge in [0.25, 0.3) is 0 Å². The summed E-state index contributed by atoms with van der Waals surface area (Å²) in [7, 11) is 0. The zero-order valence-corrected chi connectivity index (χ0v) is 12.6. The van der Waals surface area contributed by atoms with Crippen LogP contribution in [0.3, 0.4) is 0 Å². The van der Waals surface area contributed by atoms with E-state index >= 15 is 0 Å². The quantitative estimate of drug-likeness (QED) is 0.865. The molecule has 2 rings (SSSR count). The molecule has 3 heteroatoms. The Labute approximate surface area is 115 Å². The van der Waals surface area contributed by atoms with Gasteiger partial charge in [0.15, 0.2) is 0 Å². The van der Waals surface area contributed by atoms with Gasteiger partial charge < -0.3 is 5.73 Å². The third kappa shape index (κ3) is 4.36. The maximum atomic E-state index is 6.00. The highest BCUT2D eigenvalue weighted by atomic mass is 32.1. The van der Waals surface area contributed by atoms with E-state index in [9.17, 15) is 0 Å². The first-order chi connectivity index (χ1) is 8.54. The molecule has 2 nitrogen and oxygen atoms in total. The Morgan fingerprint density at radius 1 is 1.33 bits per heavy atom. The minimum Gasteiger partial charge on any atom is -0.326 e. The lowest BCUT2D eigenvalue weighted by Gasteiger charge is -2.19. The molecule has 1 fully saturated rings. The van der Waals surface area contributed by atoms with E-state index in [2.05, 4.69) is 19.2 Å². The summed E-state index contributed by atoms with van der Waals surface area (Å²) < 4.78 is 0. The van der Waals surface area contributed by atoms with Crippen molar-refractivity contribution in [1.82, 2.24) is 4.98 Å². The minimum absolute atomic E-state index is 0.0382. The molecule has 1 aromatic heterocycles.